The Morgan fingerprint density at radius 1 is 1.14 bits per heavy atom. The maximum Gasteiger partial charge on any atom is 0.420 e. The van der Waals surface area contributed by atoms with Gasteiger partial charge in [-0.15, -0.1) is 0 Å². The number of nitrogens with one attached hydrogen (secondary N) is 1. The first kappa shape index (κ1) is 26.5. The summed E-state index contributed by atoms with van der Waals surface area (Å²) in [5.41, 5.74) is -1.03. The van der Waals surface area contributed by atoms with E-state index >= 15 is 4.39 Å². The highest BCUT2D eigenvalue weighted by molar-refractivity contribution is 5.98. The number of ether oxygens (including phenoxy) is 1. The Kier molecular flexibility index (Phi) is 5.55. The van der Waals surface area contributed by atoms with Gasteiger partial charge in [-0.05, 0) is 31.5 Å². The molecule has 0 aliphatic carbocycles. The molecule has 2 N–H and O–H groups in total. The van der Waals surface area contributed by atoms with Crippen molar-refractivity contribution in [3.8, 4) is 16.9 Å². The Balaban J connectivity index is 1.30. The predicted octanol–water partition coefficient (Wildman–Crippen LogP) is 4.43. The average Bonchev–Trinajstić information content (AvgIpc) is 3.37. The molecule has 218 valence electrons. The monoisotopic (exact) mass is 590 g/mol. The van der Waals surface area contributed by atoms with Gasteiger partial charge >= 0.3 is 12.8 Å². The molecule has 7 rings (SSSR count). The number of imidazole rings is 1. The number of rotatable bonds is 4. The van der Waals surface area contributed by atoms with Crippen LogP contribution in [0.2, 0.25) is 0 Å². The van der Waals surface area contributed by atoms with Crippen LogP contribution in [0.1, 0.15) is 45.9 Å². The number of benzene rings is 2. The van der Waals surface area contributed by atoms with Crippen LogP contribution in [0.3, 0.4) is 0 Å². The molecule has 3 aliphatic heterocycles. The van der Waals surface area contributed by atoms with Crippen molar-refractivity contribution in [2.24, 2.45) is 0 Å². The van der Waals surface area contributed by atoms with E-state index in [2.05, 4.69) is 20.3 Å². The van der Waals surface area contributed by atoms with Gasteiger partial charge in [-0.2, -0.15) is 22.0 Å². The van der Waals surface area contributed by atoms with Crippen molar-refractivity contribution >= 4 is 22.9 Å². The number of β-amino-alcohol motifs (C(OH)–C–C–N with tert-alkyl or cyclic N) is 1. The third-order valence-electron chi connectivity index (χ3n) is 8.03. The summed E-state index contributed by atoms with van der Waals surface area (Å²) in [5, 5.41) is 12.6. The van der Waals surface area contributed by atoms with Gasteiger partial charge in [-0.25, -0.2) is 19.3 Å². The summed E-state index contributed by atoms with van der Waals surface area (Å²) in [6.07, 6.45) is -3.19. The summed E-state index contributed by atoms with van der Waals surface area (Å²) in [4.78, 5) is 27.0. The smallest absolute Gasteiger partial charge is 0.420 e. The van der Waals surface area contributed by atoms with Crippen LogP contribution in [-0.4, -0.2) is 62.0 Å². The fourth-order valence-corrected chi connectivity index (χ4v) is 6.02. The third kappa shape index (κ3) is 3.82. The van der Waals surface area contributed by atoms with Gasteiger partial charge in [0.2, 0.25) is 5.95 Å². The molecule has 9 nitrogen and oxygen atoms in total. The normalized spacial score (nSPS) is 20.7. The maximum atomic E-state index is 15.5. The molecule has 1 saturated heterocycles. The second kappa shape index (κ2) is 8.80. The molecule has 2 aromatic carbocycles. The summed E-state index contributed by atoms with van der Waals surface area (Å²) in [6, 6.07) is 5.86. The van der Waals surface area contributed by atoms with Gasteiger partial charge in [0.25, 0.3) is 5.91 Å². The molecule has 0 spiro atoms. The van der Waals surface area contributed by atoms with Crippen LogP contribution in [0.4, 0.5) is 32.3 Å². The molecular weight excluding hydrogens is 570 g/mol. The second-order valence-corrected chi connectivity index (χ2v) is 10.6. The molecule has 3 aliphatic rings. The summed E-state index contributed by atoms with van der Waals surface area (Å²) >= 11 is 0. The molecule has 2 aromatic heterocycles. The summed E-state index contributed by atoms with van der Waals surface area (Å²) in [5.74, 6) is -0.894. The number of hydrogen-bond acceptors (Lipinski definition) is 7. The van der Waals surface area contributed by atoms with Crippen molar-refractivity contribution in [2.45, 2.75) is 43.8 Å². The number of carbonyl (C=O) groups is 1. The Morgan fingerprint density at radius 3 is 2.60 bits per heavy atom. The molecule has 1 fully saturated rings. The van der Waals surface area contributed by atoms with Gasteiger partial charge in [0.05, 0.1) is 41.9 Å². The quantitative estimate of drug-likeness (QED) is 0.339. The van der Waals surface area contributed by atoms with E-state index in [-0.39, 0.29) is 45.2 Å². The van der Waals surface area contributed by atoms with E-state index in [4.69, 9.17) is 4.74 Å². The Morgan fingerprint density at radius 2 is 1.90 bits per heavy atom. The van der Waals surface area contributed by atoms with Gasteiger partial charge in [-0.1, -0.05) is 6.07 Å². The minimum absolute atomic E-state index is 0.0409. The molecule has 1 unspecified atom stereocenters. The zero-order valence-electron chi connectivity index (χ0n) is 21.6. The average molecular weight is 590 g/mol. The zero-order valence-corrected chi connectivity index (χ0v) is 21.6. The van der Waals surface area contributed by atoms with Crippen molar-refractivity contribution in [3.63, 3.8) is 0 Å². The Labute approximate surface area is 232 Å². The van der Waals surface area contributed by atoms with Crippen LogP contribution < -0.4 is 15.0 Å². The number of carbonyl (C=O) groups excluding carboxylic acids is 1. The topological polar surface area (TPSA) is 105 Å². The fraction of sp³-hybridized carbons (Fsp3) is 0.333. The lowest BCUT2D eigenvalue weighted by Crippen LogP contribution is -2.69. The number of nitrogens with zero attached hydrogens (tertiary/aromatic N) is 5. The van der Waals surface area contributed by atoms with Gasteiger partial charge in [0.1, 0.15) is 17.4 Å². The number of anilines is 1. The lowest BCUT2D eigenvalue weighted by Gasteiger charge is -2.46. The van der Waals surface area contributed by atoms with Crippen LogP contribution in [0.5, 0.6) is 5.75 Å². The van der Waals surface area contributed by atoms with Gasteiger partial charge < -0.3 is 24.6 Å². The molecule has 4 aromatic rings. The van der Waals surface area contributed by atoms with E-state index < -0.39 is 55.3 Å². The standard InChI is InChI=1S/C27H20F6N6O3/c1-11-14(8-34-25(35-11)38-9-26(41,10-38)27(31,32)33)13-5-18-16(6-15(13)28)36-22-17-7-19(39(18)22)21-12(23(40)37-17)3-2-4-20(21)42-24(29)30/h2-6,8,17,19,24,41H,7,9-10H2,1H3,(H,37,40)/t17-,19?/m1/s1. The molecule has 5 heterocycles. The zero-order chi connectivity index (χ0) is 29.7. The van der Waals surface area contributed by atoms with E-state index in [9.17, 15) is 31.9 Å². The van der Waals surface area contributed by atoms with Crippen LogP contribution in [0, 0.1) is 12.7 Å². The van der Waals surface area contributed by atoms with Gasteiger partial charge in [0, 0.05) is 34.5 Å². The summed E-state index contributed by atoms with van der Waals surface area (Å²) in [7, 11) is 0. The van der Waals surface area contributed by atoms with Crippen molar-refractivity contribution in [3.05, 3.63) is 65.0 Å². The molecule has 0 radical (unpaired) electrons. The number of aliphatic hydroxyl groups is 1. The number of aryl methyl sites for hydroxylation is 1. The van der Waals surface area contributed by atoms with E-state index in [0.29, 0.717) is 17.8 Å². The first-order valence-corrected chi connectivity index (χ1v) is 12.8. The Hall–Kier alpha value is -4.40. The minimum atomic E-state index is -4.80. The number of aromatic nitrogens is 4. The van der Waals surface area contributed by atoms with Crippen LogP contribution in [0.25, 0.3) is 22.2 Å². The SMILES string of the molecule is Cc1nc(N2CC(O)(C(F)(F)F)C2)ncc1-c1cc2c(cc1F)nc1n2C2C[C@H]1NC(=O)c1cccc(OC(F)F)c12. The molecule has 2 bridgehead atoms. The highest BCUT2D eigenvalue weighted by atomic mass is 19.4. The first-order chi connectivity index (χ1) is 19.8. The van der Waals surface area contributed by atoms with Crippen LogP contribution >= 0.6 is 0 Å². The number of amides is 1. The fourth-order valence-electron chi connectivity index (χ4n) is 6.02. The van der Waals surface area contributed by atoms with Gasteiger partial charge in [-0.3, -0.25) is 4.79 Å². The van der Waals surface area contributed by atoms with E-state index in [1.54, 1.807) is 11.5 Å². The molecular formula is C27H20F6N6O3. The Bertz CT molecular complexity index is 1780. The lowest BCUT2D eigenvalue weighted by atomic mass is 9.94. The molecule has 0 saturated carbocycles. The van der Waals surface area contributed by atoms with E-state index in [1.807, 2.05) is 0 Å². The number of fused-ring (bicyclic) bond motifs is 9. The van der Waals surface area contributed by atoms with Crippen LogP contribution in [-0.2, 0) is 0 Å². The largest absolute Gasteiger partial charge is 0.434 e. The summed E-state index contributed by atoms with van der Waals surface area (Å²) < 4.78 is 87.6. The maximum absolute atomic E-state index is 15.5. The van der Waals surface area contributed by atoms with Crippen molar-refractivity contribution in [1.82, 2.24) is 24.8 Å². The molecule has 15 heteroatoms. The molecule has 1 amide bonds. The van der Waals surface area contributed by atoms with Gasteiger partial charge in [0.15, 0.2) is 5.60 Å². The number of halogens is 6. The van der Waals surface area contributed by atoms with Crippen molar-refractivity contribution in [1.29, 1.82) is 0 Å². The number of alkyl halides is 5. The highest BCUT2D eigenvalue weighted by Crippen LogP contribution is 2.48. The van der Waals surface area contributed by atoms with Crippen molar-refractivity contribution < 1.29 is 41.0 Å². The summed E-state index contributed by atoms with van der Waals surface area (Å²) in [6.45, 7) is -3.02. The van der Waals surface area contributed by atoms with E-state index in [1.165, 1.54) is 41.4 Å². The first-order valence-electron chi connectivity index (χ1n) is 12.8. The minimum Gasteiger partial charge on any atom is -0.434 e. The number of hydrogen-bond donors (Lipinski definition) is 2. The van der Waals surface area contributed by atoms with Crippen LogP contribution in [0.15, 0.2) is 36.5 Å². The second-order valence-electron chi connectivity index (χ2n) is 10.6. The van der Waals surface area contributed by atoms with Crippen molar-refractivity contribution in [2.75, 3.05) is 18.0 Å². The molecule has 42 heavy (non-hydrogen) atoms. The highest BCUT2D eigenvalue weighted by Gasteiger charge is 2.61. The molecule has 2 atom stereocenters. The predicted molar refractivity (Wildman–Crippen MR) is 135 cm³/mol. The third-order valence-corrected chi connectivity index (χ3v) is 8.03. The lowest BCUT2D eigenvalue weighted by molar-refractivity contribution is -0.267. The van der Waals surface area contributed by atoms with E-state index in [0.717, 1.165) is 0 Å².